The summed E-state index contributed by atoms with van der Waals surface area (Å²) in [7, 11) is 0. The van der Waals surface area contributed by atoms with E-state index in [1.165, 1.54) is 0 Å². The van der Waals surface area contributed by atoms with Crippen LogP contribution in [0.1, 0.15) is 19.8 Å². The Balaban J connectivity index is 1.89. The van der Waals surface area contributed by atoms with Gasteiger partial charge in [-0.2, -0.15) is 0 Å². The summed E-state index contributed by atoms with van der Waals surface area (Å²) < 4.78 is 11.0. The fourth-order valence-electron chi connectivity index (χ4n) is 2.15. The molecule has 0 saturated heterocycles. The first-order chi connectivity index (χ1) is 10.1. The Kier molecular flexibility index (Phi) is 5.03. The van der Waals surface area contributed by atoms with Crippen LogP contribution < -0.4 is 14.8 Å². The van der Waals surface area contributed by atoms with E-state index in [2.05, 4.69) is 5.32 Å². The van der Waals surface area contributed by atoms with E-state index in [1.807, 2.05) is 13.0 Å². The number of hydrogen-bond acceptors (Lipinski definition) is 4. The Labute approximate surface area is 123 Å². The van der Waals surface area contributed by atoms with Gasteiger partial charge in [-0.05, 0) is 18.6 Å². The molecule has 114 valence electrons. The molecule has 21 heavy (non-hydrogen) atoms. The number of para-hydroxylation sites is 2. The number of hydrogen-bond donors (Lipinski definition) is 2. The van der Waals surface area contributed by atoms with Crippen LogP contribution in [0.25, 0.3) is 0 Å². The minimum atomic E-state index is -0.900. The van der Waals surface area contributed by atoms with Crippen molar-refractivity contribution >= 4 is 11.9 Å². The molecule has 1 amide bonds. The third kappa shape index (κ3) is 3.87. The zero-order valence-corrected chi connectivity index (χ0v) is 11.9. The fraction of sp³-hybridized carbons (Fsp3) is 0.467. The van der Waals surface area contributed by atoms with Crippen LogP contribution in [0.4, 0.5) is 0 Å². The molecule has 0 spiro atoms. The highest BCUT2D eigenvalue weighted by Crippen LogP contribution is 2.30. The van der Waals surface area contributed by atoms with Crippen LogP contribution >= 0.6 is 0 Å². The molecular weight excluding hydrogens is 274 g/mol. The van der Waals surface area contributed by atoms with Gasteiger partial charge in [-0.1, -0.05) is 25.5 Å². The van der Waals surface area contributed by atoms with Crippen LogP contribution in [0.15, 0.2) is 24.3 Å². The fourth-order valence-corrected chi connectivity index (χ4v) is 2.15. The van der Waals surface area contributed by atoms with Gasteiger partial charge < -0.3 is 19.9 Å². The van der Waals surface area contributed by atoms with Crippen molar-refractivity contribution in [3.8, 4) is 11.5 Å². The molecule has 2 rings (SSSR count). The van der Waals surface area contributed by atoms with E-state index < -0.39 is 18.0 Å². The topological polar surface area (TPSA) is 84.9 Å². The van der Waals surface area contributed by atoms with Gasteiger partial charge in [-0.15, -0.1) is 0 Å². The maximum atomic E-state index is 12.0. The zero-order chi connectivity index (χ0) is 15.2. The molecule has 1 heterocycles. The van der Waals surface area contributed by atoms with Gasteiger partial charge in [-0.25, -0.2) is 0 Å². The molecular formula is C15H19NO5. The van der Waals surface area contributed by atoms with E-state index in [9.17, 15) is 9.59 Å². The number of amides is 1. The van der Waals surface area contributed by atoms with E-state index in [0.717, 1.165) is 6.42 Å². The quantitative estimate of drug-likeness (QED) is 0.829. The van der Waals surface area contributed by atoms with Gasteiger partial charge in [0.05, 0.1) is 5.92 Å². The lowest BCUT2D eigenvalue weighted by Crippen LogP contribution is -2.46. The molecule has 0 aromatic heterocycles. The lowest BCUT2D eigenvalue weighted by molar-refractivity contribution is -0.142. The number of carbonyl (C=O) groups excluding carboxylic acids is 1. The first-order valence-electron chi connectivity index (χ1n) is 7.00. The summed E-state index contributed by atoms with van der Waals surface area (Å²) in [5.74, 6) is -0.700. The van der Waals surface area contributed by atoms with E-state index in [-0.39, 0.29) is 19.1 Å². The van der Waals surface area contributed by atoms with Crippen LogP contribution in [0, 0.1) is 5.92 Å². The second-order valence-corrected chi connectivity index (χ2v) is 4.93. The molecule has 0 aliphatic carbocycles. The van der Waals surface area contributed by atoms with Crippen molar-refractivity contribution in [2.45, 2.75) is 25.9 Å². The maximum Gasteiger partial charge on any atom is 0.308 e. The Bertz CT molecular complexity index is 517. The Morgan fingerprint density at radius 1 is 1.38 bits per heavy atom. The molecule has 2 atom stereocenters. The number of carbonyl (C=O) groups is 2. The van der Waals surface area contributed by atoms with Crippen molar-refractivity contribution in [1.29, 1.82) is 0 Å². The molecule has 1 aliphatic heterocycles. The Morgan fingerprint density at radius 2 is 2.10 bits per heavy atom. The second-order valence-electron chi connectivity index (χ2n) is 4.93. The molecule has 0 fully saturated rings. The van der Waals surface area contributed by atoms with Gasteiger partial charge in [0.2, 0.25) is 6.10 Å². The summed E-state index contributed by atoms with van der Waals surface area (Å²) >= 11 is 0. The zero-order valence-electron chi connectivity index (χ0n) is 11.9. The molecule has 0 saturated carbocycles. The number of fused-ring (bicyclic) bond motifs is 1. The Morgan fingerprint density at radius 3 is 2.76 bits per heavy atom. The number of aliphatic carboxylic acids is 1. The normalized spacial score (nSPS) is 17.9. The van der Waals surface area contributed by atoms with Crippen LogP contribution in [-0.2, 0) is 9.59 Å². The van der Waals surface area contributed by atoms with Crippen molar-refractivity contribution in [3.63, 3.8) is 0 Å². The number of rotatable bonds is 6. The number of carboxylic acid groups (broad SMARTS) is 1. The average Bonchev–Trinajstić information content (AvgIpc) is 2.50. The number of carboxylic acids is 1. The predicted octanol–water partition coefficient (Wildman–Crippen LogP) is 1.44. The van der Waals surface area contributed by atoms with Crippen LogP contribution in [0.5, 0.6) is 11.5 Å². The molecule has 6 heteroatoms. The number of nitrogens with one attached hydrogen (secondary N) is 1. The van der Waals surface area contributed by atoms with Crippen molar-refractivity contribution < 1.29 is 24.2 Å². The van der Waals surface area contributed by atoms with Crippen molar-refractivity contribution in [2.24, 2.45) is 5.92 Å². The summed E-state index contributed by atoms with van der Waals surface area (Å²) in [6.07, 6.45) is 0.528. The monoisotopic (exact) mass is 293 g/mol. The lowest BCUT2D eigenvalue weighted by atomic mass is 10.0. The molecule has 1 aliphatic rings. The number of ether oxygens (including phenoxy) is 2. The summed E-state index contributed by atoms with van der Waals surface area (Å²) in [5.41, 5.74) is 0. The van der Waals surface area contributed by atoms with Gasteiger partial charge >= 0.3 is 5.97 Å². The molecule has 0 bridgehead atoms. The summed E-state index contributed by atoms with van der Waals surface area (Å²) in [5, 5.41) is 11.7. The lowest BCUT2D eigenvalue weighted by Gasteiger charge is -2.26. The van der Waals surface area contributed by atoms with Gasteiger partial charge in [0.1, 0.15) is 6.61 Å². The third-order valence-electron chi connectivity index (χ3n) is 3.31. The van der Waals surface area contributed by atoms with E-state index in [0.29, 0.717) is 17.9 Å². The summed E-state index contributed by atoms with van der Waals surface area (Å²) in [6, 6.07) is 7.12. The highest BCUT2D eigenvalue weighted by molar-refractivity contribution is 5.82. The molecule has 2 unspecified atom stereocenters. The summed E-state index contributed by atoms with van der Waals surface area (Å²) in [6.45, 7) is 2.13. The first-order valence-corrected chi connectivity index (χ1v) is 7.00. The predicted molar refractivity (Wildman–Crippen MR) is 75.4 cm³/mol. The molecule has 1 aromatic rings. The maximum absolute atomic E-state index is 12.0. The first kappa shape index (κ1) is 15.2. The second kappa shape index (κ2) is 6.97. The van der Waals surface area contributed by atoms with E-state index >= 15 is 0 Å². The largest absolute Gasteiger partial charge is 0.485 e. The van der Waals surface area contributed by atoms with Crippen LogP contribution in [-0.4, -0.2) is 36.2 Å². The average molecular weight is 293 g/mol. The highest BCUT2D eigenvalue weighted by Gasteiger charge is 2.28. The molecule has 1 aromatic carbocycles. The van der Waals surface area contributed by atoms with E-state index in [1.54, 1.807) is 18.2 Å². The standard InChI is InChI=1S/C15H19NO5/c1-2-5-10(15(18)19)8-16-14(17)13-9-20-11-6-3-4-7-12(11)21-13/h3-4,6-7,10,13H,2,5,8-9H2,1H3,(H,16,17)(H,18,19). The van der Waals surface area contributed by atoms with Gasteiger partial charge in [0.25, 0.3) is 5.91 Å². The van der Waals surface area contributed by atoms with Crippen molar-refractivity contribution in [2.75, 3.05) is 13.2 Å². The highest BCUT2D eigenvalue weighted by atomic mass is 16.6. The summed E-state index contributed by atoms with van der Waals surface area (Å²) in [4.78, 5) is 23.1. The third-order valence-corrected chi connectivity index (χ3v) is 3.31. The number of benzene rings is 1. The SMILES string of the molecule is CCCC(CNC(=O)C1COc2ccccc2O1)C(=O)O. The minimum Gasteiger partial charge on any atom is -0.485 e. The van der Waals surface area contributed by atoms with Crippen molar-refractivity contribution in [1.82, 2.24) is 5.32 Å². The van der Waals surface area contributed by atoms with Crippen LogP contribution in [0.2, 0.25) is 0 Å². The molecule has 0 radical (unpaired) electrons. The molecule has 6 nitrogen and oxygen atoms in total. The van der Waals surface area contributed by atoms with Crippen LogP contribution in [0.3, 0.4) is 0 Å². The smallest absolute Gasteiger partial charge is 0.308 e. The van der Waals surface area contributed by atoms with Crippen molar-refractivity contribution in [3.05, 3.63) is 24.3 Å². The molecule has 2 N–H and O–H groups in total. The van der Waals surface area contributed by atoms with Gasteiger partial charge in [0, 0.05) is 6.54 Å². The minimum absolute atomic E-state index is 0.101. The Hall–Kier alpha value is -2.24. The van der Waals surface area contributed by atoms with Gasteiger partial charge in [0.15, 0.2) is 11.5 Å². The van der Waals surface area contributed by atoms with Gasteiger partial charge in [-0.3, -0.25) is 9.59 Å². The van der Waals surface area contributed by atoms with E-state index in [4.69, 9.17) is 14.6 Å².